The molecule has 0 saturated carbocycles. The van der Waals surface area contributed by atoms with E-state index in [1.807, 2.05) is 0 Å². The van der Waals surface area contributed by atoms with E-state index in [2.05, 4.69) is 40.6 Å². The summed E-state index contributed by atoms with van der Waals surface area (Å²) in [7, 11) is 1.06. The maximum atomic E-state index is 13.3. The summed E-state index contributed by atoms with van der Waals surface area (Å²) < 4.78 is 44.4. The van der Waals surface area contributed by atoms with Gasteiger partial charge in [-0.2, -0.15) is 18.2 Å². The lowest BCUT2D eigenvalue weighted by molar-refractivity contribution is -0.141. The van der Waals surface area contributed by atoms with Crippen molar-refractivity contribution in [1.29, 1.82) is 0 Å². The van der Waals surface area contributed by atoms with Gasteiger partial charge in [0.1, 0.15) is 6.04 Å². The summed E-state index contributed by atoms with van der Waals surface area (Å²) in [4.78, 5) is 74.1. The standard InChI is InChI=1S/C28H24F3N7O8/c1-46-26(45)17-7-4-14(28(29,30)31)10-19(17)36-27-37-22-21(24(42)38-27)34-16(12-33-22)11-32-15-5-2-13(3-6-15)23(41)35-18(25(43)44)8-9-20(39)40/h2-7,10,12,18,32H,8-9,11H2,1H3,(H,35,41)(H,39,40)(H,43,44)(H2,33,36,37,38,42)/t18-/m0/s1. The van der Waals surface area contributed by atoms with Gasteiger partial charge in [0.25, 0.3) is 5.91 Å². The van der Waals surface area contributed by atoms with E-state index in [0.717, 1.165) is 13.2 Å². The first-order valence-corrected chi connectivity index (χ1v) is 13.2. The van der Waals surface area contributed by atoms with Gasteiger partial charge in [-0.15, -0.1) is 0 Å². The molecule has 6 N–H and O–H groups in total. The fraction of sp³-hybridized carbons (Fsp3) is 0.214. The summed E-state index contributed by atoms with van der Waals surface area (Å²) in [5.41, 5.74) is -1.74. The maximum Gasteiger partial charge on any atom is 0.416 e. The van der Waals surface area contributed by atoms with E-state index in [0.29, 0.717) is 23.5 Å². The van der Waals surface area contributed by atoms with E-state index >= 15 is 0 Å². The van der Waals surface area contributed by atoms with Crippen molar-refractivity contribution in [2.75, 3.05) is 17.7 Å². The molecule has 0 spiro atoms. The highest BCUT2D eigenvalue weighted by Gasteiger charge is 2.32. The summed E-state index contributed by atoms with van der Waals surface area (Å²) in [6.07, 6.45) is -4.11. The molecule has 2 aromatic heterocycles. The van der Waals surface area contributed by atoms with E-state index in [9.17, 15) is 42.3 Å². The van der Waals surface area contributed by atoms with Gasteiger partial charge in [0.05, 0.1) is 42.4 Å². The summed E-state index contributed by atoms with van der Waals surface area (Å²) >= 11 is 0. The highest BCUT2D eigenvalue weighted by Crippen LogP contribution is 2.33. The first-order chi connectivity index (χ1) is 21.7. The molecule has 1 amide bonds. The van der Waals surface area contributed by atoms with Gasteiger partial charge in [0.15, 0.2) is 11.2 Å². The van der Waals surface area contributed by atoms with Gasteiger partial charge in [0.2, 0.25) is 5.95 Å². The molecule has 1 atom stereocenters. The molecule has 0 radical (unpaired) electrons. The number of ether oxygens (including phenoxy) is 1. The SMILES string of the molecule is COC(=O)c1ccc(C(F)(F)F)cc1Nc1nc(=O)c2nc(CNc3ccc(C(=O)N[C@@H](CCC(=O)O)C(=O)O)cc3)cnc2[nH]1. The minimum Gasteiger partial charge on any atom is -0.481 e. The second kappa shape index (κ2) is 13.7. The number of fused-ring (bicyclic) bond motifs is 1. The third-order valence-electron chi connectivity index (χ3n) is 6.35. The lowest BCUT2D eigenvalue weighted by Crippen LogP contribution is -2.41. The number of nitrogens with one attached hydrogen (secondary N) is 4. The van der Waals surface area contributed by atoms with Crippen LogP contribution in [0.25, 0.3) is 11.2 Å². The van der Waals surface area contributed by atoms with Crippen LogP contribution in [0.3, 0.4) is 0 Å². The lowest BCUT2D eigenvalue weighted by atomic mass is 10.1. The molecule has 240 valence electrons. The number of esters is 1. The van der Waals surface area contributed by atoms with Crippen LogP contribution in [0.2, 0.25) is 0 Å². The highest BCUT2D eigenvalue weighted by atomic mass is 19.4. The van der Waals surface area contributed by atoms with Gasteiger partial charge in [0, 0.05) is 17.7 Å². The van der Waals surface area contributed by atoms with Crippen molar-refractivity contribution in [2.24, 2.45) is 0 Å². The maximum absolute atomic E-state index is 13.3. The predicted octanol–water partition coefficient (Wildman–Crippen LogP) is 2.92. The first kappa shape index (κ1) is 32.8. The number of rotatable bonds is 12. The molecule has 0 unspecified atom stereocenters. The van der Waals surface area contributed by atoms with Gasteiger partial charge in [-0.1, -0.05) is 0 Å². The number of nitrogens with zero attached hydrogens (tertiary/aromatic N) is 3. The summed E-state index contributed by atoms with van der Waals surface area (Å²) in [6, 6.07) is 6.82. The van der Waals surface area contributed by atoms with Crippen LogP contribution in [0, 0.1) is 0 Å². The summed E-state index contributed by atoms with van der Waals surface area (Å²) in [5.74, 6) is -4.50. The third kappa shape index (κ3) is 8.10. The summed E-state index contributed by atoms with van der Waals surface area (Å²) in [5, 5.41) is 25.8. The number of aliphatic carboxylic acids is 2. The number of carbonyl (C=O) groups excluding carboxylic acids is 2. The number of carbonyl (C=O) groups is 4. The fourth-order valence-corrected chi connectivity index (χ4v) is 4.04. The average Bonchev–Trinajstić information content (AvgIpc) is 3.01. The summed E-state index contributed by atoms with van der Waals surface area (Å²) in [6.45, 7) is 0.0664. The quantitative estimate of drug-likeness (QED) is 0.122. The second-order valence-corrected chi connectivity index (χ2v) is 9.55. The van der Waals surface area contributed by atoms with E-state index in [1.54, 1.807) is 0 Å². The molecule has 0 saturated heterocycles. The van der Waals surface area contributed by atoms with Crippen molar-refractivity contribution in [3.63, 3.8) is 0 Å². The zero-order valence-corrected chi connectivity index (χ0v) is 23.6. The van der Waals surface area contributed by atoms with Crippen molar-refractivity contribution in [3.05, 3.63) is 81.4 Å². The molecule has 0 bridgehead atoms. The molecular weight excluding hydrogens is 619 g/mol. The number of alkyl halides is 3. The topological polar surface area (TPSA) is 226 Å². The Labute approximate surface area is 255 Å². The lowest BCUT2D eigenvalue weighted by Gasteiger charge is -2.14. The van der Waals surface area contributed by atoms with Crippen LogP contribution < -0.4 is 21.5 Å². The number of hydrogen-bond donors (Lipinski definition) is 6. The van der Waals surface area contributed by atoms with E-state index in [-0.39, 0.29) is 46.9 Å². The number of aromatic nitrogens is 4. The molecule has 2 aromatic carbocycles. The van der Waals surface area contributed by atoms with Gasteiger partial charge >= 0.3 is 29.6 Å². The van der Waals surface area contributed by atoms with Gasteiger partial charge in [-0.25, -0.2) is 19.6 Å². The zero-order valence-electron chi connectivity index (χ0n) is 23.6. The number of aromatic amines is 1. The van der Waals surface area contributed by atoms with Crippen LogP contribution in [0.1, 0.15) is 44.8 Å². The van der Waals surface area contributed by atoms with Crippen molar-refractivity contribution in [3.8, 4) is 0 Å². The molecule has 2 heterocycles. The number of carboxylic acids is 2. The second-order valence-electron chi connectivity index (χ2n) is 9.55. The molecule has 15 nitrogen and oxygen atoms in total. The monoisotopic (exact) mass is 643 g/mol. The van der Waals surface area contributed by atoms with E-state index in [1.165, 1.54) is 30.5 Å². The first-order valence-electron chi connectivity index (χ1n) is 13.2. The molecule has 18 heteroatoms. The van der Waals surface area contributed by atoms with Gasteiger partial charge < -0.3 is 35.9 Å². The fourth-order valence-electron chi connectivity index (χ4n) is 4.04. The predicted molar refractivity (Wildman–Crippen MR) is 154 cm³/mol. The zero-order chi connectivity index (χ0) is 33.6. The Hall–Kier alpha value is -6.07. The Morgan fingerprint density at radius 2 is 1.76 bits per heavy atom. The molecule has 4 aromatic rings. The van der Waals surface area contributed by atoms with Crippen LogP contribution in [-0.4, -0.2) is 67.1 Å². The minimum absolute atomic E-state index is 0.0452. The molecule has 0 aliphatic heterocycles. The van der Waals surface area contributed by atoms with Crippen molar-refractivity contribution in [1.82, 2.24) is 25.3 Å². The largest absolute Gasteiger partial charge is 0.481 e. The Bertz CT molecular complexity index is 1860. The molecule has 46 heavy (non-hydrogen) atoms. The molecule has 4 rings (SSSR count). The number of hydrogen-bond acceptors (Lipinski definition) is 11. The number of amides is 1. The van der Waals surface area contributed by atoms with E-state index < -0.39 is 53.6 Å². The number of carboxylic acid groups (broad SMARTS) is 2. The van der Waals surface area contributed by atoms with Crippen LogP contribution in [0.4, 0.5) is 30.5 Å². The van der Waals surface area contributed by atoms with E-state index in [4.69, 9.17) is 5.11 Å². The molecule has 0 aliphatic rings. The number of H-pyrrole nitrogens is 1. The molecule has 0 aliphatic carbocycles. The van der Waals surface area contributed by atoms with Crippen LogP contribution in [0.5, 0.6) is 0 Å². The van der Waals surface area contributed by atoms with Crippen LogP contribution >= 0.6 is 0 Å². The van der Waals surface area contributed by atoms with Crippen LogP contribution in [-0.2, 0) is 27.0 Å². The molecule has 0 fully saturated rings. The Kier molecular flexibility index (Phi) is 9.78. The Morgan fingerprint density at radius 1 is 1.04 bits per heavy atom. The number of halogens is 3. The number of methoxy groups -OCH3 is 1. The van der Waals surface area contributed by atoms with Crippen molar-refractivity contribution < 1.29 is 47.3 Å². The van der Waals surface area contributed by atoms with Crippen molar-refractivity contribution in [2.45, 2.75) is 31.6 Å². The third-order valence-corrected chi connectivity index (χ3v) is 6.35. The number of benzene rings is 2. The van der Waals surface area contributed by atoms with Crippen LogP contribution in [0.15, 0.2) is 53.5 Å². The Morgan fingerprint density at radius 3 is 2.39 bits per heavy atom. The minimum atomic E-state index is -4.71. The molecular formula is C28H24F3N7O8. The normalized spacial score (nSPS) is 11.8. The number of anilines is 3. The van der Waals surface area contributed by atoms with Gasteiger partial charge in [-0.05, 0) is 48.9 Å². The van der Waals surface area contributed by atoms with Crippen molar-refractivity contribution >= 4 is 52.3 Å². The van der Waals surface area contributed by atoms with Gasteiger partial charge in [-0.3, -0.25) is 14.4 Å². The smallest absolute Gasteiger partial charge is 0.416 e. The Balaban J connectivity index is 1.45. The highest BCUT2D eigenvalue weighted by molar-refractivity contribution is 5.97. The average molecular weight is 644 g/mol.